The van der Waals surface area contributed by atoms with Crippen molar-refractivity contribution in [3.8, 4) is 44.5 Å². The molecule has 0 saturated carbocycles. The van der Waals surface area contributed by atoms with E-state index in [9.17, 15) is 0 Å². The summed E-state index contributed by atoms with van der Waals surface area (Å²) < 4.78 is 0. The molecule has 0 nitrogen and oxygen atoms in total. The fourth-order valence-corrected chi connectivity index (χ4v) is 5.38. The van der Waals surface area contributed by atoms with Crippen LogP contribution in [-0.2, 0) is 0 Å². The van der Waals surface area contributed by atoms with E-state index in [4.69, 9.17) is 0 Å². The molecule has 0 heteroatoms. The first-order valence-electron chi connectivity index (χ1n) is 11.1. The Balaban J connectivity index is 1.62. The average Bonchev–Trinajstić information content (AvgIpc) is 3.21. The highest BCUT2D eigenvalue weighted by Gasteiger charge is 2.26. The van der Waals surface area contributed by atoms with E-state index >= 15 is 0 Å². The molecular weight excluding hydrogens is 384 g/mol. The number of fused-ring (bicyclic) bond motifs is 5. The van der Waals surface area contributed by atoms with Crippen LogP contribution in [0.4, 0.5) is 0 Å². The van der Waals surface area contributed by atoms with Crippen LogP contribution in [0.25, 0.3) is 66.1 Å². The summed E-state index contributed by atoms with van der Waals surface area (Å²) in [6.45, 7) is 0. The van der Waals surface area contributed by atoms with Crippen molar-refractivity contribution in [2.75, 3.05) is 0 Å². The molecule has 0 unspecified atom stereocenters. The Morgan fingerprint density at radius 1 is 0.344 bits per heavy atom. The molecule has 6 aromatic rings. The third-order valence-electron chi connectivity index (χ3n) is 6.78. The molecule has 0 bridgehead atoms. The van der Waals surface area contributed by atoms with Gasteiger partial charge in [0.15, 0.2) is 0 Å². The molecule has 0 fully saturated rings. The third-order valence-corrected chi connectivity index (χ3v) is 6.78. The first-order valence-corrected chi connectivity index (χ1v) is 11.1. The van der Waals surface area contributed by atoms with Crippen LogP contribution in [0.2, 0.25) is 0 Å². The third kappa shape index (κ3) is 2.44. The maximum absolute atomic E-state index is 2.39. The summed E-state index contributed by atoms with van der Waals surface area (Å²) in [4.78, 5) is 0. The number of hydrogen-bond donors (Lipinski definition) is 0. The number of hydrogen-bond acceptors (Lipinski definition) is 0. The first kappa shape index (κ1) is 17.5. The molecule has 0 atom stereocenters. The van der Waals surface area contributed by atoms with E-state index in [1.165, 1.54) is 66.1 Å². The van der Waals surface area contributed by atoms with Crippen molar-refractivity contribution in [3.05, 3.63) is 121 Å². The van der Waals surface area contributed by atoms with Crippen molar-refractivity contribution < 1.29 is 0 Å². The van der Waals surface area contributed by atoms with E-state index in [0.29, 0.717) is 0 Å². The molecule has 0 saturated heterocycles. The van der Waals surface area contributed by atoms with E-state index in [0.717, 1.165) is 0 Å². The Bertz CT molecular complexity index is 1640. The summed E-state index contributed by atoms with van der Waals surface area (Å²) in [6.07, 6.45) is 0. The molecule has 0 aromatic heterocycles. The minimum Gasteiger partial charge on any atom is -0.0622 e. The van der Waals surface area contributed by atoms with Crippen LogP contribution < -0.4 is 0 Å². The minimum absolute atomic E-state index is 1.25. The predicted molar refractivity (Wildman–Crippen MR) is 137 cm³/mol. The quantitative estimate of drug-likeness (QED) is 0.270. The second-order valence-electron chi connectivity index (χ2n) is 8.55. The van der Waals surface area contributed by atoms with Crippen molar-refractivity contribution in [3.63, 3.8) is 0 Å². The maximum Gasteiger partial charge on any atom is -0.00137 e. The zero-order chi connectivity index (χ0) is 21.1. The largest absolute Gasteiger partial charge is 0.0622 e. The molecule has 0 spiro atoms. The smallest absolute Gasteiger partial charge is 0.00137 e. The van der Waals surface area contributed by atoms with E-state index in [-0.39, 0.29) is 0 Å². The Labute approximate surface area is 187 Å². The summed E-state index contributed by atoms with van der Waals surface area (Å²) in [7, 11) is 0. The topological polar surface area (TPSA) is 0 Å². The number of rotatable bonds is 2. The Hall–Kier alpha value is -4.16. The van der Waals surface area contributed by atoms with Crippen molar-refractivity contribution in [2.45, 2.75) is 0 Å². The molecule has 0 radical (unpaired) electrons. The molecule has 32 heavy (non-hydrogen) atoms. The zero-order valence-corrected chi connectivity index (χ0v) is 17.5. The lowest BCUT2D eigenvalue weighted by Crippen LogP contribution is -1.89. The Kier molecular flexibility index (Phi) is 3.65. The van der Waals surface area contributed by atoms with Gasteiger partial charge in [-0.1, -0.05) is 109 Å². The average molecular weight is 405 g/mol. The fourth-order valence-electron chi connectivity index (χ4n) is 5.38. The van der Waals surface area contributed by atoms with Gasteiger partial charge >= 0.3 is 0 Å². The van der Waals surface area contributed by atoms with E-state index in [1.807, 2.05) is 0 Å². The van der Waals surface area contributed by atoms with Crippen molar-refractivity contribution in [2.24, 2.45) is 0 Å². The SMILES string of the molecule is c1ccc(-c2ccc3c4c(c(-c5ccccc5)cc3c2)-c2cccc3cccc-4c23)cc1. The van der Waals surface area contributed by atoms with Crippen molar-refractivity contribution >= 4 is 21.5 Å². The van der Waals surface area contributed by atoms with Gasteiger partial charge < -0.3 is 0 Å². The highest BCUT2D eigenvalue weighted by molar-refractivity contribution is 6.24. The van der Waals surface area contributed by atoms with Gasteiger partial charge in [-0.05, 0) is 78.2 Å². The van der Waals surface area contributed by atoms with Gasteiger partial charge in [-0.3, -0.25) is 0 Å². The molecule has 7 rings (SSSR count). The second kappa shape index (κ2) is 6.67. The second-order valence-corrected chi connectivity index (χ2v) is 8.55. The van der Waals surface area contributed by atoms with Gasteiger partial charge in [0, 0.05) is 0 Å². The summed E-state index contributed by atoms with van der Waals surface area (Å²) in [5, 5.41) is 5.29. The normalized spacial score (nSPS) is 11.8. The molecule has 148 valence electrons. The highest BCUT2D eigenvalue weighted by atomic mass is 14.3. The van der Waals surface area contributed by atoms with Crippen molar-refractivity contribution in [1.82, 2.24) is 0 Å². The lowest BCUT2D eigenvalue weighted by atomic mass is 9.88. The molecule has 0 aliphatic heterocycles. The summed E-state index contributed by atoms with van der Waals surface area (Å²) in [6, 6.07) is 44.2. The molecule has 0 N–H and O–H groups in total. The maximum atomic E-state index is 2.39. The first-order chi connectivity index (χ1) is 15.9. The van der Waals surface area contributed by atoms with Gasteiger partial charge in [0.1, 0.15) is 0 Å². The Morgan fingerprint density at radius 2 is 1.00 bits per heavy atom. The van der Waals surface area contributed by atoms with Crippen LogP contribution in [0, 0.1) is 0 Å². The zero-order valence-electron chi connectivity index (χ0n) is 17.5. The summed E-state index contributed by atoms with van der Waals surface area (Å²) >= 11 is 0. The molecule has 6 aromatic carbocycles. The van der Waals surface area contributed by atoms with Crippen molar-refractivity contribution in [1.29, 1.82) is 0 Å². The van der Waals surface area contributed by atoms with Crippen LogP contribution in [0.5, 0.6) is 0 Å². The van der Waals surface area contributed by atoms with E-state index in [1.54, 1.807) is 0 Å². The van der Waals surface area contributed by atoms with Gasteiger partial charge in [-0.25, -0.2) is 0 Å². The molecule has 1 aliphatic carbocycles. The summed E-state index contributed by atoms with van der Waals surface area (Å²) in [5.41, 5.74) is 10.5. The standard InChI is InChI=1S/C32H20/c1-3-9-21(10-4-1)24-17-18-26-25(19-24)20-29(22-11-5-2-6-12-22)32-28-16-8-14-23-13-7-15-27(30(23)28)31(26)32/h1-20H. The van der Waals surface area contributed by atoms with Gasteiger partial charge in [0.2, 0.25) is 0 Å². The van der Waals surface area contributed by atoms with Gasteiger partial charge in [0.05, 0.1) is 0 Å². The lowest BCUT2D eigenvalue weighted by molar-refractivity contribution is 1.62. The Morgan fingerprint density at radius 3 is 1.72 bits per heavy atom. The van der Waals surface area contributed by atoms with Gasteiger partial charge in [0.25, 0.3) is 0 Å². The van der Waals surface area contributed by atoms with Crippen LogP contribution in [-0.4, -0.2) is 0 Å². The molecular formula is C32H20. The van der Waals surface area contributed by atoms with Crippen LogP contribution in [0.15, 0.2) is 121 Å². The molecule has 0 heterocycles. The van der Waals surface area contributed by atoms with Crippen LogP contribution in [0.1, 0.15) is 0 Å². The van der Waals surface area contributed by atoms with Crippen LogP contribution >= 0.6 is 0 Å². The fraction of sp³-hybridized carbons (Fsp3) is 0. The monoisotopic (exact) mass is 404 g/mol. The lowest BCUT2D eigenvalue weighted by Gasteiger charge is -2.15. The van der Waals surface area contributed by atoms with E-state index in [2.05, 4.69) is 121 Å². The predicted octanol–water partition coefficient (Wildman–Crippen LogP) is 8.97. The summed E-state index contributed by atoms with van der Waals surface area (Å²) in [5.74, 6) is 0. The van der Waals surface area contributed by atoms with Gasteiger partial charge in [-0.2, -0.15) is 0 Å². The highest BCUT2D eigenvalue weighted by Crippen LogP contribution is 2.54. The van der Waals surface area contributed by atoms with Gasteiger partial charge in [-0.15, -0.1) is 0 Å². The minimum atomic E-state index is 1.25. The number of benzene rings is 6. The van der Waals surface area contributed by atoms with Crippen LogP contribution in [0.3, 0.4) is 0 Å². The molecule has 1 aliphatic rings. The molecule has 0 amide bonds. The van der Waals surface area contributed by atoms with E-state index < -0.39 is 0 Å².